The lowest BCUT2D eigenvalue weighted by Crippen LogP contribution is -2.46. The minimum Gasteiger partial charge on any atom is -0.493 e. The molecule has 8 nitrogen and oxygen atoms in total. The Balaban J connectivity index is 1.78. The predicted molar refractivity (Wildman–Crippen MR) is 106 cm³/mol. The molecule has 27 heavy (non-hydrogen) atoms. The van der Waals surface area contributed by atoms with Gasteiger partial charge in [-0.25, -0.2) is 4.98 Å². The number of ether oxygens (including phenoxy) is 3. The average Bonchev–Trinajstić information content (AvgIpc) is 2.73. The summed E-state index contributed by atoms with van der Waals surface area (Å²) in [4.78, 5) is 13.7. The first kappa shape index (κ1) is 19.0. The third-order valence-corrected chi connectivity index (χ3v) is 4.71. The number of methoxy groups -OCH3 is 3. The summed E-state index contributed by atoms with van der Waals surface area (Å²) in [6.45, 7) is 7.32. The van der Waals surface area contributed by atoms with Gasteiger partial charge in [0.1, 0.15) is 5.82 Å². The highest BCUT2D eigenvalue weighted by Crippen LogP contribution is 2.40. The van der Waals surface area contributed by atoms with Crippen LogP contribution in [0.3, 0.4) is 0 Å². The first-order valence-electron chi connectivity index (χ1n) is 9.05. The summed E-state index contributed by atoms with van der Waals surface area (Å²) in [6, 6.07) is 5.61. The molecular formula is C19H27N5O3. The van der Waals surface area contributed by atoms with Crippen LogP contribution >= 0.6 is 0 Å². The lowest BCUT2D eigenvalue weighted by atomic mass is 10.2. The van der Waals surface area contributed by atoms with Crippen LogP contribution in [0.1, 0.15) is 6.92 Å². The maximum atomic E-state index is 5.40. The Morgan fingerprint density at radius 3 is 2.22 bits per heavy atom. The Hall–Kier alpha value is -2.74. The SMILES string of the molecule is CCN1CCN(c2ccnc(Nc3cc(OC)c(OC)c(OC)c3)n2)CC1. The Bertz CT molecular complexity index is 738. The van der Waals surface area contributed by atoms with E-state index in [-0.39, 0.29) is 0 Å². The van der Waals surface area contributed by atoms with Crippen LogP contribution in [-0.4, -0.2) is 68.9 Å². The molecule has 0 saturated carbocycles. The lowest BCUT2D eigenvalue weighted by molar-refractivity contribution is 0.270. The van der Waals surface area contributed by atoms with Gasteiger partial charge in [0.2, 0.25) is 11.7 Å². The summed E-state index contributed by atoms with van der Waals surface area (Å²) in [6.07, 6.45) is 1.77. The van der Waals surface area contributed by atoms with E-state index in [0.29, 0.717) is 23.2 Å². The van der Waals surface area contributed by atoms with E-state index in [0.717, 1.165) is 44.2 Å². The number of piperazine rings is 1. The molecule has 1 N–H and O–H groups in total. The summed E-state index contributed by atoms with van der Waals surface area (Å²) < 4.78 is 16.2. The zero-order valence-corrected chi connectivity index (χ0v) is 16.4. The van der Waals surface area contributed by atoms with Gasteiger partial charge >= 0.3 is 0 Å². The zero-order valence-electron chi connectivity index (χ0n) is 16.4. The number of nitrogens with zero attached hydrogens (tertiary/aromatic N) is 4. The Kier molecular flexibility index (Phi) is 6.18. The zero-order chi connectivity index (χ0) is 19.2. The van der Waals surface area contributed by atoms with Gasteiger partial charge in [0.25, 0.3) is 0 Å². The van der Waals surface area contributed by atoms with E-state index < -0.39 is 0 Å². The minimum absolute atomic E-state index is 0.527. The van der Waals surface area contributed by atoms with Gasteiger partial charge in [-0.1, -0.05) is 6.92 Å². The quantitative estimate of drug-likeness (QED) is 0.793. The summed E-state index contributed by atoms with van der Waals surface area (Å²) >= 11 is 0. The fourth-order valence-electron chi connectivity index (χ4n) is 3.16. The molecule has 1 aromatic heterocycles. The van der Waals surface area contributed by atoms with Crippen LogP contribution in [0.5, 0.6) is 17.2 Å². The van der Waals surface area contributed by atoms with Gasteiger partial charge in [0.05, 0.1) is 21.3 Å². The summed E-state index contributed by atoms with van der Waals surface area (Å²) in [7, 11) is 4.76. The number of nitrogens with one attached hydrogen (secondary N) is 1. The number of rotatable bonds is 7. The number of hydrogen-bond acceptors (Lipinski definition) is 8. The van der Waals surface area contributed by atoms with Crippen molar-refractivity contribution in [1.82, 2.24) is 14.9 Å². The minimum atomic E-state index is 0.527. The van der Waals surface area contributed by atoms with Gasteiger partial charge in [-0.3, -0.25) is 0 Å². The van der Waals surface area contributed by atoms with Crippen molar-refractivity contribution < 1.29 is 14.2 Å². The predicted octanol–water partition coefficient (Wildman–Crippen LogP) is 2.39. The van der Waals surface area contributed by atoms with Gasteiger partial charge in [0, 0.05) is 50.2 Å². The first-order valence-corrected chi connectivity index (χ1v) is 9.05. The number of aromatic nitrogens is 2. The topological polar surface area (TPSA) is 72.0 Å². The highest BCUT2D eigenvalue weighted by Gasteiger charge is 2.18. The van der Waals surface area contributed by atoms with E-state index >= 15 is 0 Å². The van der Waals surface area contributed by atoms with Crippen LogP contribution in [0, 0.1) is 0 Å². The smallest absolute Gasteiger partial charge is 0.229 e. The summed E-state index contributed by atoms with van der Waals surface area (Å²) in [5, 5.41) is 3.23. The summed E-state index contributed by atoms with van der Waals surface area (Å²) in [5.74, 6) is 3.15. The number of anilines is 3. The summed E-state index contributed by atoms with van der Waals surface area (Å²) in [5.41, 5.74) is 0.762. The fourth-order valence-corrected chi connectivity index (χ4v) is 3.16. The van der Waals surface area contributed by atoms with Crippen molar-refractivity contribution in [3.05, 3.63) is 24.4 Å². The van der Waals surface area contributed by atoms with Gasteiger partial charge in [-0.15, -0.1) is 0 Å². The van der Waals surface area contributed by atoms with Crippen molar-refractivity contribution in [2.75, 3.05) is 64.3 Å². The molecular weight excluding hydrogens is 346 g/mol. The van der Waals surface area contributed by atoms with E-state index in [1.54, 1.807) is 27.5 Å². The molecule has 1 fully saturated rings. The van der Waals surface area contributed by atoms with E-state index in [2.05, 4.69) is 32.0 Å². The van der Waals surface area contributed by atoms with Gasteiger partial charge < -0.3 is 29.3 Å². The maximum Gasteiger partial charge on any atom is 0.229 e. The van der Waals surface area contributed by atoms with E-state index in [4.69, 9.17) is 14.2 Å². The molecule has 2 aromatic rings. The van der Waals surface area contributed by atoms with Crippen molar-refractivity contribution in [3.8, 4) is 17.2 Å². The van der Waals surface area contributed by atoms with Crippen molar-refractivity contribution >= 4 is 17.5 Å². The Morgan fingerprint density at radius 1 is 1.00 bits per heavy atom. The number of hydrogen-bond donors (Lipinski definition) is 1. The highest BCUT2D eigenvalue weighted by molar-refractivity contribution is 5.66. The molecule has 2 heterocycles. The molecule has 0 amide bonds. The highest BCUT2D eigenvalue weighted by atomic mass is 16.5. The standard InChI is InChI=1S/C19H27N5O3/c1-5-23-8-10-24(11-9-23)17-6-7-20-19(22-17)21-14-12-15(25-2)18(27-4)16(13-14)26-3/h6-7,12-13H,5,8-11H2,1-4H3,(H,20,21,22). The third kappa shape index (κ3) is 4.33. The van der Waals surface area contributed by atoms with Crippen molar-refractivity contribution in [3.63, 3.8) is 0 Å². The molecule has 8 heteroatoms. The Morgan fingerprint density at radius 2 is 1.67 bits per heavy atom. The van der Waals surface area contributed by atoms with Crippen molar-refractivity contribution in [2.45, 2.75) is 6.92 Å². The van der Waals surface area contributed by atoms with Crippen LogP contribution in [-0.2, 0) is 0 Å². The monoisotopic (exact) mass is 373 g/mol. The van der Waals surface area contributed by atoms with Crippen molar-refractivity contribution in [1.29, 1.82) is 0 Å². The van der Waals surface area contributed by atoms with Crippen LogP contribution in [0.25, 0.3) is 0 Å². The Labute approximate surface area is 160 Å². The van der Waals surface area contributed by atoms with Crippen LogP contribution in [0.2, 0.25) is 0 Å². The van der Waals surface area contributed by atoms with Crippen LogP contribution in [0.15, 0.2) is 24.4 Å². The normalized spacial score (nSPS) is 14.7. The molecule has 0 unspecified atom stereocenters. The second-order valence-corrected chi connectivity index (χ2v) is 6.20. The van der Waals surface area contributed by atoms with Crippen molar-refractivity contribution in [2.24, 2.45) is 0 Å². The molecule has 0 atom stereocenters. The fraction of sp³-hybridized carbons (Fsp3) is 0.474. The number of likely N-dealkylation sites (N-methyl/N-ethyl adjacent to an activating group) is 1. The van der Waals surface area contributed by atoms with Gasteiger partial charge in [-0.2, -0.15) is 4.98 Å². The van der Waals surface area contributed by atoms with Crippen LogP contribution in [0.4, 0.5) is 17.5 Å². The molecule has 146 valence electrons. The molecule has 1 aromatic carbocycles. The maximum absolute atomic E-state index is 5.40. The van der Waals surface area contributed by atoms with Crippen LogP contribution < -0.4 is 24.4 Å². The van der Waals surface area contributed by atoms with Gasteiger partial charge in [-0.05, 0) is 12.6 Å². The second-order valence-electron chi connectivity index (χ2n) is 6.20. The largest absolute Gasteiger partial charge is 0.493 e. The third-order valence-electron chi connectivity index (χ3n) is 4.71. The second kappa shape index (κ2) is 8.77. The molecule has 1 saturated heterocycles. The van der Waals surface area contributed by atoms with E-state index in [9.17, 15) is 0 Å². The molecule has 3 rings (SSSR count). The van der Waals surface area contributed by atoms with E-state index in [1.807, 2.05) is 18.2 Å². The first-order chi connectivity index (χ1) is 13.2. The lowest BCUT2D eigenvalue weighted by Gasteiger charge is -2.34. The molecule has 1 aliphatic rings. The molecule has 0 aliphatic carbocycles. The molecule has 0 radical (unpaired) electrons. The average molecular weight is 373 g/mol. The molecule has 1 aliphatic heterocycles. The number of benzene rings is 1. The van der Waals surface area contributed by atoms with E-state index in [1.165, 1.54) is 0 Å². The van der Waals surface area contributed by atoms with Gasteiger partial charge in [0.15, 0.2) is 11.5 Å². The molecule has 0 spiro atoms. The molecule has 0 bridgehead atoms.